The van der Waals surface area contributed by atoms with E-state index in [0.717, 1.165) is 56.5 Å². The first-order valence-corrected chi connectivity index (χ1v) is 19.1. The highest BCUT2D eigenvalue weighted by Gasteiger charge is 2.21. The van der Waals surface area contributed by atoms with E-state index in [1.54, 1.807) is 0 Å². The molecule has 0 amide bonds. The highest BCUT2D eigenvalue weighted by Crippen LogP contribution is 2.44. The van der Waals surface area contributed by atoms with E-state index in [9.17, 15) is 0 Å². The minimum absolute atomic E-state index is 1.01. The van der Waals surface area contributed by atoms with Crippen molar-refractivity contribution < 1.29 is 0 Å². The van der Waals surface area contributed by atoms with Crippen molar-refractivity contribution in [1.82, 2.24) is 4.57 Å². The van der Waals surface area contributed by atoms with Gasteiger partial charge in [0.2, 0.25) is 0 Å². The lowest BCUT2D eigenvalue weighted by atomic mass is 9.99. The molecule has 8 aromatic carbocycles. The molecular weight excluding hydrogens is 679 g/mol. The fraction of sp³-hybridized carbons (Fsp3) is 0.0189. The van der Waals surface area contributed by atoms with Crippen LogP contribution in [0, 0.1) is 0 Å². The minimum atomic E-state index is 1.01. The van der Waals surface area contributed by atoms with Gasteiger partial charge in [-0.1, -0.05) is 140 Å². The Bertz CT molecular complexity index is 2880. The number of nitrogens with zero attached hydrogens (tertiary/aromatic N) is 3. The van der Waals surface area contributed by atoms with Gasteiger partial charge in [0.25, 0.3) is 0 Å². The van der Waals surface area contributed by atoms with Gasteiger partial charge in [0.15, 0.2) is 0 Å². The summed E-state index contributed by atoms with van der Waals surface area (Å²) < 4.78 is 2.39. The molecule has 0 radical (unpaired) electrons. The highest BCUT2D eigenvalue weighted by atomic mass is 15.2. The summed E-state index contributed by atoms with van der Waals surface area (Å²) in [5.74, 6) is 0. The average Bonchev–Trinajstić information content (AvgIpc) is 3.59. The van der Waals surface area contributed by atoms with Crippen molar-refractivity contribution >= 4 is 61.0 Å². The summed E-state index contributed by atoms with van der Waals surface area (Å²) in [6.07, 6.45) is 8.16. The summed E-state index contributed by atoms with van der Waals surface area (Å²) in [6.45, 7) is 6.16. The van der Waals surface area contributed by atoms with Gasteiger partial charge in [-0.2, -0.15) is 0 Å². The molecule has 0 aliphatic rings. The second-order valence-corrected chi connectivity index (χ2v) is 13.8. The average molecular weight is 720 g/mol. The standard InChI is InChI=1S/C53H41N3/c1-3-19-42(20-4-2)54(43-23-8-5-9-24-43)46-35-41(40-33-34-50-49-30-16-17-31-52(49)56(53(50)37-40)45-27-12-7-13-28-45)36-47(38-46)55(44-25-10-6-11-26-44)51-32-18-22-39-21-14-15-29-48(39)51/h3-38H,1H2,2H3/b20-4-,42-19+. The first-order valence-electron chi connectivity index (χ1n) is 19.1. The molecule has 268 valence electrons. The van der Waals surface area contributed by atoms with Gasteiger partial charge in [0.1, 0.15) is 0 Å². The van der Waals surface area contributed by atoms with Crippen LogP contribution in [0.5, 0.6) is 0 Å². The van der Waals surface area contributed by atoms with Crippen LogP contribution in [0.4, 0.5) is 28.4 Å². The molecule has 0 spiro atoms. The lowest BCUT2D eigenvalue weighted by Crippen LogP contribution is -2.17. The molecule has 3 nitrogen and oxygen atoms in total. The van der Waals surface area contributed by atoms with Crippen LogP contribution >= 0.6 is 0 Å². The molecule has 9 aromatic rings. The second-order valence-electron chi connectivity index (χ2n) is 13.8. The van der Waals surface area contributed by atoms with Gasteiger partial charge in [0.05, 0.1) is 16.7 Å². The summed E-state index contributed by atoms with van der Waals surface area (Å²) in [5.41, 5.74) is 12.0. The molecule has 1 heterocycles. The Hall–Kier alpha value is -7.36. The molecule has 1 aromatic heterocycles. The lowest BCUT2D eigenvalue weighted by Gasteiger charge is -2.31. The number of benzene rings is 8. The molecule has 0 bridgehead atoms. The van der Waals surface area contributed by atoms with Gasteiger partial charge < -0.3 is 14.4 Å². The molecule has 0 unspecified atom stereocenters. The van der Waals surface area contributed by atoms with E-state index in [-0.39, 0.29) is 0 Å². The maximum atomic E-state index is 4.10. The van der Waals surface area contributed by atoms with E-state index in [1.807, 2.05) is 6.08 Å². The number of hydrogen-bond acceptors (Lipinski definition) is 2. The Morgan fingerprint density at radius 1 is 0.500 bits per heavy atom. The zero-order chi connectivity index (χ0) is 37.8. The second kappa shape index (κ2) is 15.2. The van der Waals surface area contributed by atoms with Gasteiger partial charge in [0, 0.05) is 50.3 Å². The topological polar surface area (TPSA) is 11.4 Å². The fourth-order valence-corrected chi connectivity index (χ4v) is 7.95. The lowest BCUT2D eigenvalue weighted by molar-refractivity contribution is 1.18. The van der Waals surface area contributed by atoms with Crippen molar-refractivity contribution in [3.05, 3.63) is 231 Å². The normalized spacial score (nSPS) is 11.8. The van der Waals surface area contributed by atoms with Crippen LogP contribution in [0.1, 0.15) is 6.92 Å². The summed E-state index contributed by atoms with van der Waals surface area (Å²) in [6, 6.07) is 69.7. The van der Waals surface area contributed by atoms with Gasteiger partial charge >= 0.3 is 0 Å². The first kappa shape index (κ1) is 34.4. The van der Waals surface area contributed by atoms with Gasteiger partial charge in [-0.25, -0.2) is 0 Å². The Kier molecular flexibility index (Phi) is 9.32. The fourth-order valence-electron chi connectivity index (χ4n) is 7.95. The van der Waals surface area contributed by atoms with Crippen LogP contribution < -0.4 is 9.80 Å². The minimum Gasteiger partial charge on any atom is -0.310 e. The van der Waals surface area contributed by atoms with E-state index in [2.05, 4.69) is 240 Å². The Labute approximate surface area is 328 Å². The van der Waals surface area contributed by atoms with Crippen molar-refractivity contribution in [2.45, 2.75) is 6.92 Å². The quantitative estimate of drug-likeness (QED) is 0.130. The van der Waals surface area contributed by atoms with Crippen LogP contribution in [0.2, 0.25) is 0 Å². The third kappa shape index (κ3) is 6.36. The molecule has 0 saturated carbocycles. The van der Waals surface area contributed by atoms with E-state index in [0.29, 0.717) is 0 Å². The predicted molar refractivity (Wildman–Crippen MR) is 240 cm³/mol. The molecule has 0 saturated heterocycles. The van der Waals surface area contributed by atoms with Crippen molar-refractivity contribution in [3.63, 3.8) is 0 Å². The zero-order valence-corrected chi connectivity index (χ0v) is 31.3. The molecule has 3 heteroatoms. The van der Waals surface area contributed by atoms with E-state index < -0.39 is 0 Å². The Morgan fingerprint density at radius 2 is 1.12 bits per heavy atom. The van der Waals surface area contributed by atoms with Crippen LogP contribution in [0.3, 0.4) is 0 Å². The Balaban J connectivity index is 1.35. The van der Waals surface area contributed by atoms with Crippen molar-refractivity contribution in [2.24, 2.45) is 0 Å². The molecule has 0 N–H and O–H groups in total. The van der Waals surface area contributed by atoms with Gasteiger partial charge in [-0.3, -0.25) is 0 Å². The van der Waals surface area contributed by atoms with E-state index >= 15 is 0 Å². The number of anilines is 5. The molecule has 56 heavy (non-hydrogen) atoms. The van der Waals surface area contributed by atoms with Crippen molar-refractivity contribution in [2.75, 3.05) is 9.80 Å². The number of para-hydroxylation sites is 4. The number of rotatable bonds is 10. The summed E-state index contributed by atoms with van der Waals surface area (Å²) in [5, 5.41) is 4.83. The molecule has 0 aliphatic heterocycles. The maximum absolute atomic E-state index is 4.10. The first-order chi connectivity index (χ1) is 27.7. The van der Waals surface area contributed by atoms with Crippen molar-refractivity contribution in [3.8, 4) is 16.8 Å². The number of allylic oxidation sites excluding steroid dienone is 4. The molecule has 0 fully saturated rings. The van der Waals surface area contributed by atoms with E-state index in [4.69, 9.17) is 0 Å². The maximum Gasteiger partial charge on any atom is 0.0547 e. The van der Waals surface area contributed by atoms with Crippen LogP contribution in [0.15, 0.2) is 231 Å². The molecule has 0 atom stereocenters. The summed E-state index contributed by atoms with van der Waals surface area (Å²) in [7, 11) is 0. The zero-order valence-electron chi connectivity index (χ0n) is 31.3. The number of fused-ring (bicyclic) bond motifs is 4. The van der Waals surface area contributed by atoms with Gasteiger partial charge in [-0.15, -0.1) is 0 Å². The smallest absolute Gasteiger partial charge is 0.0547 e. The van der Waals surface area contributed by atoms with Crippen LogP contribution in [0.25, 0.3) is 49.4 Å². The predicted octanol–water partition coefficient (Wildman–Crippen LogP) is 14.9. The summed E-state index contributed by atoms with van der Waals surface area (Å²) >= 11 is 0. The van der Waals surface area contributed by atoms with Crippen LogP contribution in [-0.2, 0) is 0 Å². The number of aromatic nitrogens is 1. The Morgan fingerprint density at radius 3 is 1.88 bits per heavy atom. The molecule has 9 rings (SSSR count). The summed E-state index contributed by atoms with van der Waals surface area (Å²) in [4.78, 5) is 4.71. The third-order valence-corrected chi connectivity index (χ3v) is 10.4. The molecular formula is C53H41N3. The highest BCUT2D eigenvalue weighted by molar-refractivity contribution is 6.10. The van der Waals surface area contributed by atoms with E-state index in [1.165, 1.54) is 27.1 Å². The molecule has 0 aliphatic carbocycles. The van der Waals surface area contributed by atoms with Gasteiger partial charge in [-0.05, 0) is 108 Å². The van der Waals surface area contributed by atoms with Crippen molar-refractivity contribution in [1.29, 1.82) is 0 Å². The SMILES string of the molecule is C=C/C=C(\C=C/C)N(c1ccccc1)c1cc(-c2ccc3c4ccccc4n(-c4ccccc4)c3c2)cc(N(c2ccccc2)c2cccc3ccccc23)c1. The third-order valence-electron chi connectivity index (χ3n) is 10.4. The number of hydrogen-bond donors (Lipinski definition) is 0. The monoisotopic (exact) mass is 719 g/mol. The van der Waals surface area contributed by atoms with Crippen LogP contribution in [-0.4, -0.2) is 4.57 Å². The largest absolute Gasteiger partial charge is 0.310 e.